The lowest BCUT2D eigenvalue weighted by Gasteiger charge is -2.26. The second kappa shape index (κ2) is 8.04. The second-order valence-corrected chi connectivity index (χ2v) is 7.39. The van der Waals surface area contributed by atoms with E-state index in [-0.39, 0.29) is 19.1 Å². The number of benzene rings is 2. The minimum Gasteiger partial charge on any atom is -0.461 e. The van der Waals surface area contributed by atoms with Crippen molar-refractivity contribution < 1.29 is 19.4 Å². The summed E-state index contributed by atoms with van der Waals surface area (Å²) in [7, 11) is 2.00. The number of carbonyl (C=O) groups is 1. The summed E-state index contributed by atoms with van der Waals surface area (Å²) in [5.41, 5.74) is 2.08. The van der Waals surface area contributed by atoms with E-state index < -0.39 is 5.54 Å². The highest BCUT2D eigenvalue weighted by Crippen LogP contribution is 2.30. The van der Waals surface area contributed by atoms with Gasteiger partial charge in [-0.05, 0) is 37.6 Å². The van der Waals surface area contributed by atoms with E-state index in [1.54, 1.807) is 13.8 Å². The maximum Gasteiger partial charge on any atom is 0.256 e. The van der Waals surface area contributed by atoms with Crippen molar-refractivity contribution >= 4 is 22.6 Å². The van der Waals surface area contributed by atoms with Crippen molar-refractivity contribution in [2.24, 2.45) is 0 Å². The number of hydrogen-bond donors (Lipinski definition) is 3. The van der Waals surface area contributed by atoms with E-state index in [4.69, 9.17) is 4.42 Å². The minimum absolute atomic E-state index is 0.366. The third kappa shape index (κ3) is 4.03. The molecule has 3 aromatic rings. The molecular weight excluding hydrogens is 356 g/mol. The van der Waals surface area contributed by atoms with Gasteiger partial charge >= 0.3 is 0 Å². The zero-order valence-electron chi connectivity index (χ0n) is 16.4. The van der Waals surface area contributed by atoms with E-state index in [0.29, 0.717) is 22.3 Å². The van der Waals surface area contributed by atoms with E-state index in [0.717, 1.165) is 12.2 Å². The molecule has 3 N–H and O–H groups in total. The van der Waals surface area contributed by atoms with Crippen LogP contribution in [0.25, 0.3) is 11.0 Å². The highest BCUT2D eigenvalue weighted by Gasteiger charge is 2.28. The summed E-state index contributed by atoms with van der Waals surface area (Å²) in [5, 5.41) is 22.3. The van der Waals surface area contributed by atoms with Crippen LogP contribution in [0.4, 0.5) is 5.69 Å². The predicted molar refractivity (Wildman–Crippen MR) is 110 cm³/mol. The lowest BCUT2D eigenvalue weighted by molar-refractivity contribution is 0.0723. The Morgan fingerprint density at radius 1 is 1.14 bits per heavy atom. The first-order chi connectivity index (χ1) is 13.4. The summed E-state index contributed by atoms with van der Waals surface area (Å²) >= 11 is 0. The molecule has 6 nitrogen and oxygen atoms in total. The number of carbonyl (C=O) groups excluding carboxylic acids is 1. The smallest absolute Gasteiger partial charge is 0.256 e. The molecule has 0 aliphatic heterocycles. The van der Waals surface area contributed by atoms with Gasteiger partial charge in [0.1, 0.15) is 11.3 Å². The summed E-state index contributed by atoms with van der Waals surface area (Å²) in [6, 6.07) is 15.9. The predicted octanol–water partition coefficient (Wildman–Crippen LogP) is 2.85. The van der Waals surface area contributed by atoms with Gasteiger partial charge in [-0.1, -0.05) is 30.3 Å². The average Bonchev–Trinajstić information content (AvgIpc) is 3.03. The highest BCUT2D eigenvalue weighted by molar-refractivity contribution is 6.08. The summed E-state index contributed by atoms with van der Waals surface area (Å²) in [5.74, 6) is 0.110. The Morgan fingerprint density at radius 3 is 2.46 bits per heavy atom. The normalized spacial score (nSPS) is 11.6. The van der Waals surface area contributed by atoms with Crippen molar-refractivity contribution in [1.29, 1.82) is 0 Å². The third-order valence-electron chi connectivity index (χ3n) is 4.89. The van der Waals surface area contributed by atoms with Gasteiger partial charge in [0, 0.05) is 24.7 Å². The van der Waals surface area contributed by atoms with Crippen LogP contribution in [0.2, 0.25) is 0 Å². The van der Waals surface area contributed by atoms with Crippen LogP contribution in [-0.2, 0) is 6.54 Å². The van der Waals surface area contributed by atoms with E-state index >= 15 is 0 Å². The van der Waals surface area contributed by atoms with Crippen LogP contribution in [0.15, 0.2) is 52.9 Å². The topological polar surface area (TPSA) is 85.9 Å². The molecule has 0 aliphatic rings. The number of furan rings is 1. The Morgan fingerprint density at radius 2 is 1.82 bits per heavy atom. The Balaban J connectivity index is 1.93. The van der Waals surface area contributed by atoms with Gasteiger partial charge in [0.15, 0.2) is 0 Å². The molecule has 6 heteroatoms. The molecule has 0 saturated heterocycles. The first-order valence-electron chi connectivity index (χ1n) is 9.19. The zero-order valence-corrected chi connectivity index (χ0v) is 16.4. The fourth-order valence-electron chi connectivity index (χ4n) is 3.14. The van der Waals surface area contributed by atoms with Crippen LogP contribution >= 0.6 is 0 Å². The fraction of sp³-hybridized carbons (Fsp3) is 0.318. The Hall–Kier alpha value is -2.83. The first kappa shape index (κ1) is 19.9. The Kier molecular flexibility index (Phi) is 5.72. The van der Waals surface area contributed by atoms with Crippen molar-refractivity contribution in [2.45, 2.75) is 25.9 Å². The van der Waals surface area contributed by atoms with Crippen molar-refractivity contribution in [3.8, 4) is 0 Å². The summed E-state index contributed by atoms with van der Waals surface area (Å²) in [6.45, 7) is 3.32. The second-order valence-electron chi connectivity index (χ2n) is 7.39. The van der Waals surface area contributed by atoms with Crippen LogP contribution in [0, 0.1) is 6.92 Å². The first-order valence-corrected chi connectivity index (χ1v) is 9.19. The zero-order chi connectivity index (χ0) is 20.3. The number of fused-ring (bicyclic) bond motifs is 1. The maximum atomic E-state index is 12.8. The quantitative estimate of drug-likeness (QED) is 0.585. The van der Waals surface area contributed by atoms with Crippen molar-refractivity contribution in [2.75, 3.05) is 25.2 Å². The number of nitrogens with zero attached hydrogens (tertiary/aromatic N) is 1. The number of hydrogen-bond acceptors (Lipinski definition) is 5. The number of amides is 1. The van der Waals surface area contributed by atoms with Gasteiger partial charge in [-0.3, -0.25) is 4.79 Å². The van der Waals surface area contributed by atoms with Crippen LogP contribution in [0.3, 0.4) is 0 Å². The highest BCUT2D eigenvalue weighted by atomic mass is 16.3. The van der Waals surface area contributed by atoms with Crippen LogP contribution in [-0.4, -0.2) is 41.9 Å². The fourth-order valence-corrected chi connectivity index (χ4v) is 3.14. The molecule has 0 fully saturated rings. The van der Waals surface area contributed by atoms with Crippen molar-refractivity contribution in [3.05, 3.63) is 65.4 Å². The summed E-state index contributed by atoms with van der Waals surface area (Å²) < 4.78 is 5.75. The number of aliphatic hydroxyl groups excluding tert-OH is 2. The van der Waals surface area contributed by atoms with Gasteiger partial charge in [0.25, 0.3) is 5.91 Å². The molecule has 1 amide bonds. The monoisotopic (exact) mass is 382 g/mol. The molecule has 1 heterocycles. The number of rotatable bonds is 7. The molecular formula is C22H26N2O4. The number of nitrogens with one attached hydrogen (secondary N) is 1. The van der Waals surface area contributed by atoms with E-state index in [1.807, 2.05) is 43.4 Å². The maximum absolute atomic E-state index is 12.8. The third-order valence-corrected chi connectivity index (χ3v) is 4.89. The van der Waals surface area contributed by atoms with Gasteiger partial charge in [-0.25, -0.2) is 0 Å². The van der Waals surface area contributed by atoms with Crippen LogP contribution in [0.5, 0.6) is 0 Å². The number of aryl methyl sites for hydroxylation is 1. The molecule has 0 radical (unpaired) electrons. The van der Waals surface area contributed by atoms with E-state index in [1.165, 1.54) is 5.56 Å². The molecule has 2 aromatic carbocycles. The molecule has 0 unspecified atom stereocenters. The summed E-state index contributed by atoms with van der Waals surface area (Å²) in [4.78, 5) is 14.9. The molecule has 0 aliphatic carbocycles. The molecule has 0 spiro atoms. The SMILES string of the molecule is Cc1oc2ccc(N(C)Cc3ccccc3)cc2c1C(=O)NC(C)(CO)CO. The Bertz CT molecular complexity index is 961. The molecule has 28 heavy (non-hydrogen) atoms. The Labute approximate surface area is 164 Å². The van der Waals surface area contributed by atoms with Crippen molar-refractivity contribution in [3.63, 3.8) is 0 Å². The molecule has 1 aromatic heterocycles. The van der Waals surface area contributed by atoms with E-state index in [2.05, 4.69) is 22.3 Å². The van der Waals surface area contributed by atoms with Gasteiger partial charge < -0.3 is 24.8 Å². The molecule has 3 rings (SSSR count). The van der Waals surface area contributed by atoms with Gasteiger partial charge in [-0.2, -0.15) is 0 Å². The molecule has 0 atom stereocenters. The largest absolute Gasteiger partial charge is 0.461 e. The average molecular weight is 382 g/mol. The lowest BCUT2D eigenvalue weighted by Crippen LogP contribution is -2.51. The number of anilines is 1. The molecule has 148 valence electrons. The standard InChI is InChI=1S/C22H26N2O4/c1-15-20(21(27)23-22(2,13-25)14-26)18-11-17(9-10-19(18)28-15)24(3)12-16-7-5-4-6-8-16/h4-11,25-26H,12-14H2,1-3H3,(H,23,27). The van der Waals surface area contributed by atoms with Gasteiger partial charge in [0.2, 0.25) is 0 Å². The van der Waals surface area contributed by atoms with Crippen LogP contribution in [0.1, 0.15) is 28.6 Å². The minimum atomic E-state index is -1.10. The molecule has 0 saturated carbocycles. The summed E-state index contributed by atoms with van der Waals surface area (Å²) in [6.07, 6.45) is 0. The van der Waals surface area contributed by atoms with Gasteiger partial charge in [-0.15, -0.1) is 0 Å². The van der Waals surface area contributed by atoms with E-state index in [9.17, 15) is 15.0 Å². The lowest BCUT2D eigenvalue weighted by atomic mass is 10.0. The van der Waals surface area contributed by atoms with Gasteiger partial charge in [0.05, 0.1) is 24.3 Å². The van der Waals surface area contributed by atoms with Crippen LogP contribution < -0.4 is 10.2 Å². The number of aliphatic hydroxyl groups is 2. The molecule has 0 bridgehead atoms. The van der Waals surface area contributed by atoms with Crippen molar-refractivity contribution in [1.82, 2.24) is 5.32 Å².